The van der Waals surface area contributed by atoms with Gasteiger partial charge in [0, 0.05) is 19.3 Å². The van der Waals surface area contributed by atoms with Crippen LogP contribution in [0.5, 0.6) is 0 Å². The van der Waals surface area contributed by atoms with Gasteiger partial charge in [0.1, 0.15) is 13.2 Å². The number of carbonyl (C=O) groups excluding carboxylic acids is 3. The summed E-state index contributed by atoms with van der Waals surface area (Å²) >= 11 is 0. The van der Waals surface area contributed by atoms with Gasteiger partial charge in [-0.3, -0.25) is 14.4 Å². The van der Waals surface area contributed by atoms with Gasteiger partial charge in [0.05, 0.1) is 0 Å². The molecule has 0 aliphatic carbocycles. The normalized spacial score (nSPS) is 12.9. The fourth-order valence-electron chi connectivity index (χ4n) is 7.89. The second-order valence-corrected chi connectivity index (χ2v) is 19.2. The molecule has 0 aromatic rings. The predicted octanol–water partition coefficient (Wildman–Crippen LogP) is 19.9. The lowest BCUT2D eigenvalue weighted by molar-refractivity contribution is -0.166. The molecule has 0 heterocycles. The molecular weight excluding hydrogens is 877 g/mol. The molecule has 0 aromatic heterocycles. The van der Waals surface area contributed by atoms with E-state index in [1.807, 2.05) is 12.2 Å². The highest BCUT2D eigenvalue weighted by Gasteiger charge is 2.19. The molecule has 71 heavy (non-hydrogen) atoms. The van der Waals surface area contributed by atoms with Crippen LogP contribution in [-0.4, -0.2) is 37.2 Å². The Morgan fingerprint density at radius 2 is 0.577 bits per heavy atom. The van der Waals surface area contributed by atoms with Gasteiger partial charge in [-0.05, 0) is 96.3 Å². The summed E-state index contributed by atoms with van der Waals surface area (Å²) in [7, 11) is 0. The van der Waals surface area contributed by atoms with Gasteiger partial charge in [-0.2, -0.15) is 0 Å². The molecular formula is C65H108O6. The van der Waals surface area contributed by atoms with Gasteiger partial charge in [0.15, 0.2) is 6.10 Å². The second kappa shape index (κ2) is 58.6. The van der Waals surface area contributed by atoms with Crippen molar-refractivity contribution in [3.63, 3.8) is 0 Å². The maximum absolute atomic E-state index is 12.8. The van der Waals surface area contributed by atoms with Crippen molar-refractivity contribution in [2.75, 3.05) is 13.2 Å². The minimum Gasteiger partial charge on any atom is -0.462 e. The van der Waals surface area contributed by atoms with E-state index < -0.39 is 12.1 Å². The predicted molar refractivity (Wildman–Crippen MR) is 307 cm³/mol. The smallest absolute Gasteiger partial charge is 0.306 e. The van der Waals surface area contributed by atoms with Crippen molar-refractivity contribution in [2.24, 2.45) is 0 Å². The summed E-state index contributed by atoms with van der Waals surface area (Å²) in [6.07, 6.45) is 79.5. The van der Waals surface area contributed by atoms with E-state index in [9.17, 15) is 14.4 Å². The van der Waals surface area contributed by atoms with E-state index in [4.69, 9.17) is 14.2 Å². The third kappa shape index (κ3) is 56.9. The molecule has 404 valence electrons. The van der Waals surface area contributed by atoms with Gasteiger partial charge in [-0.15, -0.1) is 0 Å². The standard InChI is InChI=1S/C65H108O6/c1-4-7-10-13-16-19-22-25-28-31-32-35-38-41-44-47-50-53-56-59-65(68)71-62(60-69-63(66)57-54-51-48-45-42-39-36-33-29-26-23-20-17-14-11-8-5-2)61-70-64(67)58-55-52-49-46-43-40-37-34-30-27-24-21-18-15-12-9-6-3/h7,10,16-17,19-20,25-26,28-29,32,35-36,39,41,44,50,53,62H,4-6,8-9,11-15,18,21-24,27,30-31,33-34,37-38,40,42-43,45-49,51-52,54-61H2,1-3H3/b10-7-,19-16-,20-17-,28-25-,29-26-,35-32-,39-36-,44-41-,53-50-/t62-/m1/s1. The van der Waals surface area contributed by atoms with Crippen LogP contribution in [0.25, 0.3) is 0 Å². The molecule has 0 saturated heterocycles. The molecule has 0 rings (SSSR count). The molecule has 0 amide bonds. The number of allylic oxidation sites excluding steroid dienone is 18. The fourth-order valence-corrected chi connectivity index (χ4v) is 7.89. The average Bonchev–Trinajstić information content (AvgIpc) is 3.37. The van der Waals surface area contributed by atoms with E-state index in [1.54, 1.807) is 0 Å². The van der Waals surface area contributed by atoms with Crippen LogP contribution in [0.15, 0.2) is 109 Å². The monoisotopic (exact) mass is 985 g/mol. The van der Waals surface area contributed by atoms with Crippen LogP contribution in [0.4, 0.5) is 0 Å². The molecule has 6 heteroatoms. The largest absolute Gasteiger partial charge is 0.462 e. The Kier molecular flexibility index (Phi) is 55.4. The van der Waals surface area contributed by atoms with Gasteiger partial charge in [0.2, 0.25) is 0 Å². The zero-order chi connectivity index (χ0) is 51.4. The van der Waals surface area contributed by atoms with Crippen molar-refractivity contribution in [2.45, 2.75) is 271 Å². The van der Waals surface area contributed by atoms with Crippen molar-refractivity contribution in [1.82, 2.24) is 0 Å². The van der Waals surface area contributed by atoms with Crippen molar-refractivity contribution in [1.29, 1.82) is 0 Å². The Balaban J connectivity index is 4.54. The fraction of sp³-hybridized carbons (Fsp3) is 0.677. The highest BCUT2D eigenvalue weighted by molar-refractivity contribution is 5.71. The highest BCUT2D eigenvalue weighted by atomic mass is 16.6. The first-order valence-electron chi connectivity index (χ1n) is 29.4. The van der Waals surface area contributed by atoms with Crippen LogP contribution in [0.2, 0.25) is 0 Å². The lowest BCUT2D eigenvalue weighted by Crippen LogP contribution is -2.30. The molecule has 0 aliphatic heterocycles. The number of ether oxygens (including phenoxy) is 3. The average molecular weight is 986 g/mol. The SMILES string of the molecule is CC/C=C\C/C=C\C/C=C\C/C=C\C/C=C\C/C=C\CCC(=O)O[C@H](COC(=O)CCCCCC/C=C\C/C=C\C/C=C\CCCCC)COC(=O)CCCCCCCCCCCCCCCCCCC. The number of hydrogen-bond donors (Lipinski definition) is 0. The molecule has 0 saturated carbocycles. The molecule has 0 aliphatic rings. The number of esters is 3. The maximum Gasteiger partial charge on any atom is 0.306 e. The molecule has 0 unspecified atom stereocenters. The van der Waals surface area contributed by atoms with Gasteiger partial charge < -0.3 is 14.2 Å². The number of carbonyl (C=O) groups is 3. The zero-order valence-corrected chi connectivity index (χ0v) is 46.2. The molecule has 1 atom stereocenters. The first-order valence-corrected chi connectivity index (χ1v) is 29.4. The first kappa shape index (κ1) is 67.1. The van der Waals surface area contributed by atoms with Crippen LogP contribution in [0.1, 0.15) is 265 Å². The van der Waals surface area contributed by atoms with E-state index in [0.29, 0.717) is 19.3 Å². The number of rotatable bonds is 52. The van der Waals surface area contributed by atoms with Crippen LogP contribution in [-0.2, 0) is 28.6 Å². The van der Waals surface area contributed by atoms with Crippen LogP contribution in [0.3, 0.4) is 0 Å². The minimum absolute atomic E-state index is 0.115. The van der Waals surface area contributed by atoms with Crippen molar-refractivity contribution in [3.8, 4) is 0 Å². The number of unbranched alkanes of at least 4 members (excludes halogenated alkanes) is 23. The van der Waals surface area contributed by atoms with Crippen molar-refractivity contribution in [3.05, 3.63) is 109 Å². The third-order valence-electron chi connectivity index (χ3n) is 12.3. The second-order valence-electron chi connectivity index (χ2n) is 19.2. The molecule has 0 N–H and O–H groups in total. The minimum atomic E-state index is -0.829. The van der Waals surface area contributed by atoms with Crippen molar-refractivity contribution < 1.29 is 28.6 Å². The van der Waals surface area contributed by atoms with Gasteiger partial charge in [0.25, 0.3) is 0 Å². The molecule has 0 radical (unpaired) electrons. The maximum atomic E-state index is 12.8. The Bertz CT molecular complexity index is 1460. The first-order chi connectivity index (χ1) is 35.0. The van der Waals surface area contributed by atoms with E-state index in [-0.39, 0.29) is 31.6 Å². The van der Waals surface area contributed by atoms with Gasteiger partial charge in [-0.1, -0.05) is 259 Å². The lowest BCUT2D eigenvalue weighted by Gasteiger charge is -2.18. The summed E-state index contributed by atoms with van der Waals surface area (Å²) < 4.78 is 16.8. The zero-order valence-electron chi connectivity index (χ0n) is 46.2. The summed E-state index contributed by atoms with van der Waals surface area (Å²) in [4.78, 5) is 38.2. The molecule has 0 spiro atoms. The Morgan fingerprint density at radius 1 is 0.296 bits per heavy atom. The van der Waals surface area contributed by atoms with E-state index >= 15 is 0 Å². The Labute approximate surface area is 438 Å². The molecule has 0 bridgehead atoms. The summed E-state index contributed by atoms with van der Waals surface area (Å²) in [6, 6.07) is 0. The summed E-state index contributed by atoms with van der Waals surface area (Å²) in [6.45, 7) is 6.43. The van der Waals surface area contributed by atoms with Gasteiger partial charge >= 0.3 is 17.9 Å². The Hall–Kier alpha value is -3.93. The lowest BCUT2D eigenvalue weighted by atomic mass is 10.0. The Morgan fingerprint density at radius 3 is 0.944 bits per heavy atom. The molecule has 6 nitrogen and oxygen atoms in total. The van der Waals surface area contributed by atoms with Crippen LogP contribution in [0, 0.1) is 0 Å². The molecule has 0 fully saturated rings. The van der Waals surface area contributed by atoms with Crippen molar-refractivity contribution >= 4 is 17.9 Å². The third-order valence-corrected chi connectivity index (χ3v) is 12.3. The van der Waals surface area contributed by atoms with E-state index in [0.717, 1.165) is 103 Å². The van der Waals surface area contributed by atoms with Crippen LogP contribution < -0.4 is 0 Å². The summed E-state index contributed by atoms with van der Waals surface area (Å²) in [5.41, 5.74) is 0. The quantitative estimate of drug-likeness (QED) is 0.0261. The molecule has 0 aromatic carbocycles. The van der Waals surface area contributed by atoms with E-state index in [2.05, 4.69) is 118 Å². The number of hydrogen-bond acceptors (Lipinski definition) is 6. The van der Waals surface area contributed by atoms with Crippen LogP contribution >= 0.6 is 0 Å². The van der Waals surface area contributed by atoms with Gasteiger partial charge in [-0.25, -0.2) is 0 Å². The topological polar surface area (TPSA) is 78.9 Å². The highest BCUT2D eigenvalue weighted by Crippen LogP contribution is 2.15. The summed E-state index contributed by atoms with van der Waals surface area (Å²) in [5.74, 6) is -1.02. The summed E-state index contributed by atoms with van der Waals surface area (Å²) in [5, 5.41) is 0. The van der Waals surface area contributed by atoms with E-state index in [1.165, 1.54) is 116 Å².